The standard InChI is InChI=1S/C10H19ClN4S/c1-4-15(7-10(2,3)6-12)5-8-13-14-9(11)16-8/h4-7,12H2,1-3H3. The Morgan fingerprint density at radius 2 is 2.12 bits per heavy atom. The molecular formula is C10H19ClN4S. The molecule has 0 saturated carbocycles. The Hall–Kier alpha value is -0.230. The van der Waals surface area contributed by atoms with E-state index in [1.807, 2.05) is 0 Å². The van der Waals surface area contributed by atoms with E-state index in [1.165, 1.54) is 11.3 Å². The van der Waals surface area contributed by atoms with Crippen LogP contribution in [0.5, 0.6) is 0 Å². The van der Waals surface area contributed by atoms with Gasteiger partial charge in [-0.1, -0.05) is 32.1 Å². The average Bonchev–Trinajstić information content (AvgIpc) is 2.63. The molecule has 4 nitrogen and oxygen atoms in total. The molecule has 0 unspecified atom stereocenters. The predicted molar refractivity (Wildman–Crippen MR) is 68.7 cm³/mol. The molecule has 0 spiro atoms. The number of aromatic nitrogens is 2. The smallest absolute Gasteiger partial charge is 0.207 e. The molecule has 0 aliphatic heterocycles. The Balaban J connectivity index is 2.55. The van der Waals surface area contributed by atoms with Gasteiger partial charge in [-0.3, -0.25) is 4.90 Å². The summed E-state index contributed by atoms with van der Waals surface area (Å²) < 4.78 is 0.504. The summed E-state index contributed by atoms with van der Waals surface area (Å²) in [7, 11) is 0. The topological polar surface area (TPSA) is 55.0 Å². The van der Waals surface area contributed by atoms with Crippen molar-refractivity contribution in [2.45, 2.75) is 27.3 Å². The summed E-state index contributed by atoms with van der Waals surface area (Å²) >= 11 is 7.19. The first kappa shape index (κ1) is 13.8. The van der Waals surface area contributed by atoms with Crippen molar-refractivity contribution in [1.82, 2.24) is 15.1 Å². The quantitative estimate of drug-likeness (QED) is 0.852. The molecule has 1 rings (SSSR count). The first-order valence-electron chi connectivity index (χ1n) is 5.37. The maximum Gasteiger partial charge on any atom is 0.207 e. The van der Waals surface area contributed by atoms with Gasteiger partial charge in [-0.2, -0.15) is 0 Å². The van der Waals surface area contributed by atoms with Crippen LogP contribution in [0.25, 0.3) is 0 Å². The zero-order chi connectivity index (χ0) is 12.2. The SMILES string of the molecule is CCN(Cc1nnc(Cl)s1)CC(C)(C)CN. The van der Waals surface area contributed by atoms with E-state index >= 15 is 0 Å². The summed E-state index contributed by atoms with van der Waals surface area (Å²) in [6.45, 7) is 9.88. The third-order valence-corrected chi connectivity index (χ3v) is 3.46. The largest absolute Gasteiger partial charge is 0.330 e. The molecule has 0 fully saturated rings. The van der Waals surface area contributed by atoms with Crippen LogP contribution in [0.2, 0.25) is 4.47 Å². The van der Waals surface area contributed by atoms with Crippen molar-refractivity contribution in [1.29, 1.82) is 0 Å². The van der Waals surface area contributed by atoms with E-state index in [4.69, 9.17) is 17.3 Å². The van der Waals surface area contributed by atoms with Crippen molar-refractivity contribution in [3.63, 3.8) is 0 Å². The van der Waals surface area contributed by atoms with Gasteiger partial charge in [-0.05, 0) is 30.1 Å². The van der Waals surface area contributed by atoms with Crippen molar-refractivity contribution in [2.24, 2.45) is 11.1 Å². The molecule has 92 valence electrons. The summed E-state index contributed by atoms with van der Waals surface area (Å²) in [4.78, 5) is 2.31. The van der Waals surface area contributed by atoms with Crippen LogP contribution in [-0.4, -0.2) is 34.7 Å². The molecule has 0 aliphatic carbocycles. The predicted octanol–water partition coefficient (Wildman–Crippen LogP) is 2.00. The number of hydrogen-bond acceptors (Lipinski definition) is 5. The highest BCUT2D eigenvalue weighted by Crippen LogP contribution is 2.20. The average molecular weight is 263 g/mol. The third kappa shape index (κ3) is 4.33. The molecule has 1 aromatic rings. The van der Waals surface area contributed by atoms with E-state index in [-0.39, 0.29) is 5.41 Å². The lowest BCUT2D eigenvalue weighted by atomic mass is 9.93. The Labute approximate surface area is 106 Å². The lowest BCUT2D eigenvalue weighted by molar-refractivity contribution is 0.183. The third-order valence-electron chi connectivity index (χ3n) is 2.45. The molecule has 0 radical (unpaired) electrons. The summed E-state index contributed by atoms with van der Waals surface area (Å²) in [6.07, 6.45) is 0. The summed E-state index contributed by atoms with van der Waals surface area (Å²) in [5.41, 5.74) is 5.86. The van der Waals surface area contributed by atoms with E-state index in [0.717, 1.165) is 24.6 Å². The van der Waals surface area contributed by atoms with E-state index in [2.05, 4.69) is 35.9 Å². The first-order valence-corrected chi connectivity index (χ1v) is 6.56. The molecule has 1 aromatic heterocycles. The molecule has 6 heteroatoms. The Bertz CT molecular complexity index is 326. The van der Waals surface area contributed by atoms with Crippen LogP contribution >= 0.6 is 22.9 Å². The molecule has 1 heterocycles. The van der Waals surface area contributed by atoms with Crippen LogP contribution in [0.15, 0.2) is 0 Å². The van der Waals surface area contributed by atoms with E-state index in [1.54, 1.807) is 0 Å². The summed E-state index contributed by atoms with van der Waals surface area (Å²) in [5, 5.41) is 8.78. The van der Waals surface area contributed by atoms with Gasteiger partial charge in [0.05, 0.1) is 6.54 Å². The first-order chi connectivity index (χ1) is 7.46. The van der Waals surface area contributed by atoms with E-state index < -0.39 is 0 Å². The summed E-state index contributed by atoms with van der Waals surface area (Å²) in [6, 6.07) is 0. The molecule has 2 N–H and O–H groups in total. The lowest BCUT2D eigenvalue weighted by Crippen LogP contribution is -2.38. The monoisotopic (exact) mass is 262 g/mol. The van der Waals surface area contributed by atoms with Gasteiger partial charge in [0.25, 0.3) is 0 Å². The highest BCUT2D eigenvalue weighted by Gasteiger charge is 2.20. The highest BCUT2D eigenvalue weighted by molar-refractivity contribution is 7.15. The molecular weight excluding hydrogens is 244 g/mol. The second kappa shape index (κ2) is 5.91. The van der Waals surface area contributed by atoms with Crippen molar-refractivity contribution in [3.8, 4) is 0 Å². The lowest BCUT2D eigenvalue weighted by Gasteiger charge is -2.30. The Morgan fingerprint density at radius 1 is 1.44 bits per heavy atom. The molecule has 16 heavy (non-hydrogen) atoms. The maximum absolute atomic E-state index is 5.75. The second-order valence-electron chi connectivity index (χ2n) is 4.62. The zero-order valence-electron chi connectivity index (χ0n) is 10.0. The molecule has 0 aromatic carbocycles. The van der Waals surface area contributed by atoms with Crippen molar-refractivity contribution < 1.29 is 0 Å². The zero-order valence-corrected chi connectivity index (χ0v) is 11.6. The van der Waals surface area contributed by atoms with Crippen molar-refractivity contribution in [3.05, 3.63) is 9.47 Å². The fourth-order valence-electron chi connectivity index (χ4n) is 1.44. The summed E-state index contributed by atoms with van der Waals surface area (Å²) in [5.74, 6) is 0. The van der Waals surface area contributed by atoms with Gasteiger partial charge in [-0.25, -0.2) is 0 Å². The van der Waals surface area contributed by atoms with Gasteiger partial charge < -0.3 is 5.73 Å². The molecule has 0 saturated heterocycles. The number of rotatable bonds is 6. The van der Waals surface area contributed by atoms with Crippen LogP contribution < -0.4 is 5.73 Å². The number of nitrogens with two attached hydrogens (primary N) is 1. The van der Waals surface area contributed by atoms with Gasteiger partial charge in [0.2, 0.25) is 4.47 Å². The fourth-order valence-corrected chi connectivity index (χ4v) is 2.35. The minimum atomic E-state index is 0.129. The van der Waals surface area contributed by atoms with Crippen LogP contribution in [0.3, 0.4) is 0 Å². The Morgan fingerprint density at radius 3 is 2.56 bits per heavy atom. The molecule has 0 bridgehead atoms. The van der Waals surface area contributed by atoms with Gasteiger partial charge >= 0.3 is 0 Å². The molecule has 0 amide bonds. The fraction of sp³-hybridized carbons (Fsp3) is 0.800. The normalized spacial score (nSPS) is 12.4. The number of halogens is 1. The van der Waals surface area contributed by atoms with Crippen molar-refractivity contribution >= 4 is 22.9 Å². The van der Waals surface area contributed by atoms with Gasteiger partial charge in [0, 0.05) is 6.54 Å². The van der Waals surface area contributed by atoms with Crippen LogP contribution in [0.4, 0.5) is 0 Å². The van der Waals surface area contributed by atoms with E-state index in [0.29, 0.717) is 11.0 Å². The molecule has 0 atom stereocenters. The van der Waals surface area contributed by atoms with Crippen LogP contribution in [0.1, 0.15) is 25.8 Å². The van der Waals surface area contributed by atoms with Crippen LogP contribution in [-0.2, 0) is 6.54 Å². The minimum Gasteiger partial charge on any atom is -0.330 e. The Kier molecular flexibility index (Phi) is 5.11. The minimum absolute atomic E-state index is 0.129. The van der Waals surface area contributed by atoms with Gasteiger partial charge in [-0.15, -0.1) is 10.2 Å². The highest BCUT2D eigenvalue weighted by atomic mass is 35.5. The van der Waals surface area contributed by atoms with Gasteiger partial charge in [0.15, 0.2) is 0 Å². The maximum atomic E-state index is 5.75. The molecule has 0 aliphatic rings. The van der Waals surface area contributed by atoms with E-state index in [9.17, 15) is 0 Å². The van der Waals surface area contributed by atoms with Gasteiger partial charge in [0.1, 0.15) is 5.01 Å². The number of nitrogens with zero attached hydrogens (tertiary/aromatic N) is 3. The second-order valence-corrected chi connectivity index (χ2v) is 6.26. The van der Waals surface area contributed by atoms with Crippen molar-refractivity contribution in [2.75, 3.05) is 19.6 Å². The van der Waals surface area contributed by atoms with Crippen LogP contribution in [0, 0.1) is 5.41 Å². The number of hydrogen-bond donors (Lipinski definition) is 1.